The highest BCUT2D eigenvalue weighted by Gasteiger charge is 2.35. The molecular formula is C15H20N4O2. The monoisotopic (exact) mass is 288 g/mol. The van der Waals surface area contributed by atoms with Gasteiger partial charge in [0, 0.05) is 36.6 Å². The number of aryl methyl sites for hydroxylation is 2. The Morgan fingerprint density at radius 2 is 2.29 bits per heavy atom. The number of aromatic nitrogens is 3. The van der Waals surface area contributed by atoms with Gasteiger partial charge in [-0.3, -0.25) is 9.89 Å². The molecule has 0 aliphatic carbocycles. The second-order valence-corrected chi connectivity index (χ2v) is 5.80. The molecule has 6 nitrogen and oxygen atoms in total. The maximum absolute atomic E-state index is 12.4. The number of hydrogen-bond donors (Lipinski definition) is 3. The summed E-state index contributed by atoms with van der Waals surface area (Å²) >= 11 is 0. The van der Waals surface area contributed by atoms with Crippen molar-refractivity contribution in [3.63, 3.8) is 0 Å². The maximum atomic E-state index is 12.4. The summed E-state index contributed by atoms with van der Waals surface area (Å²) in [7, 11) is 0. The number of H-pyrrole nitrogens is 2. The Labute approximate surface area is 123 Å². The second-order valence-electron chi connectivity index (χ2n) is 5.80. The fourth-order valence-corrected chi connectivity index (χ4v) is 2.92. The van der Waals surface area contributed by atoms with E-state index in [0.717, 1.165) is 17.1 Å². The van der Waals surface area contributed by atoms with E-state index in [4.69, 9.17) is 0 Å². The fraction of sp³-hybridized carbons (Fsp3) is 0.467. The second kappa shape index (κ2) is 5.37. The van der Waals surface area contributed by atoms with Crippen LogP contribution in [-0.4, -0.2) is 50.3 Å². The van der Waals surface area contributed by atoms with Gasteiger partial charge in [-0.25, -0.2) is 0 Å². The van der Waals surface area contributed by atoms with E-state index in [2.05, 4.69) is 15.2 Å². The van der Waals surface area contributed by atoms with E-state index >= 15 is 0 Å². The zero-order valence-electron chi connectivity index (χ0n) is 12.3. The predicted octanol–water partition coefficient (Wildman–Crippen LogP) is 1.03. The molecule has 0 spiro atoms. The number of aliphatic hydroxyl groups excluding tert-OH is 1. The molecule has 21 heavy (non-hydrogen) atoms. The molecule has 1 aliphatic rings. The van der Waals surface area contributed by atoms with Crippen molar-refractivity contribution in [3.8, 4) is 0 Å². The Morgan fingerprint density at radius 1 is 1.48 bits per heavy atom. The summed E-state index contributed by atoms with van der Waals surface area (Å²) in [5.41, 5.74) is 3.48. The number of likely N-dealkylation sites (tertiary alicyclic amines) is 1. The molecule has 3 heterocycles. The zero-order chi connectivity index (χ0) is 15.0. The highest BCUT2D eigenvalue weighted by Crippen LogP contribution is 2.23. The average molecular weight is 288 g/mol. The summed E-state index contributed by atoms with van der Waals surface area (Å²) in [6.45, 7) is 4.78. The number of carbonyl (C=O) groups is 1. The van der Waals surface area contributed by atoms with Crippen LogP contribution in [0.5, 0.6) is 0 Å². The Morgan fingerprint density at radius 3 is 2.90 bits per heavy atom. The standard InChI is InChI=1S/C15H20N4O2/c1-9-5-12(18-17-9)6-11-7-19(8-14(11)20)15(21)13-3-4-16-10(13)2/h3-5,11,14,16,20H,6-8H2,1-2H3,(H,17,18)/t11-,14-/m1/s1. The quantitative estimate of drug-likeness (QED) is 0.788. The van der Waals surface area contributed by atoms with Crippen LogP contribution in [-0.2, 0) is 6.42 Å². The number of nitrogens with zero attached hydrogens (tertiary/aromatic N) is 2. The van der Waals surface area contributed by atoms with Crippen molar-refractivity contribution >= 4 is 5.91 Å². The molecule has 0 unspecified atom stereocenters. The van der Waals surface area contributed by atoms with Crippen molar-refractivity contribution in [1.82, 2.24) is 20.1 Å². The first-order valence-electron chi connectivity index (χ1n) is 7.17. The van der Waals surface area contributed by atoms with Crippen LogP contribution in [0.2, 0.25) is 0 Å². The molecule has 1 aliphatic heterocycles. The SMILES string of the molecule is Cc1cc(C[C@@H]2CN(C(=O)c3cc[nH]c3C)C[C@H]2O)n[nH]1. The lowest BCUT2D eigenvalue weighted by molar-refractivity contribution is 0.0764. The van der Waals surface area contributed by atoms with Crippen LogP contribution in [0, 0.1) is 19.8 Å². The lowest BCUT2D eigenvalue weighted by Gasteiger charge is -2.15. The third kappa shape index (κ3) is 2.71. The molecule has 2 atom stereocenters. The number of hydrogen-bond acceptors (Lipinski definition) is 3. The zero-order valence-corrected chi connectivity index (χ0v) is 12.3. The molecule has 3 N–H and O–H groups in total. The Bertz CT molecular complexity index is 646. The first-order chi connectivity index (χ1) is 10.0. The third-order valence-corrected chi connectivity index (χ3v) is 4.11. The van der Waals surface area contributed by atoms with Crippen LogP contribution in [0.25, 0.3) is 0 Å². The minimum atomic E-state index is -0.495. The van der Waals surface area contributed by atoms with E-state index in [9.17, 15) is 9.90 Å². The number of aliphatic hydroxyl groups is 1. The molecule has 3 rings (SSSR count). The molecule has 1 saturated heterocycles. The Kier molecular flexibility index (Phi) is 3.55. The van der Waals surface area contributed by atoms with Crippen molar-refractivity contribution in [2.75, 3.05) is 13.1 Å². The minimum Gasteiger partial charge on any atom is -0.391 e. The largest absolute Gasteiger partial charge is 0.391 e. The molecule has 6 heteroatoms. The first kappa shape index (κ1) is 13.9. The van der Waals surface area contributed by atoms with Gasteiger partial charge in [0.15, 0.2) is 0 Å². The van der Waals surface area contributed by atoms with Crippen LogP contribution in [0.1, 0.15) is 27.4 Å². The maximum Gasteiger partial charge on any atom is 0.255 e. The van der Waals surface area contributed by atoms with E-state index in [1.54, 1.807) is 17.2 Å². The topological polar surface area (TPSA) is 85.0 Å². The van der Waals surface area contributed by atoms with E-state index in [-0.39, 0.29) is 11.8 Å². The smallest absolute Gasteiger partial charge is 0.255 e. The summed E-state index contributed by atoms with van der Waals surface area (Å²) in [5, 5.41) is 17.3. The van der Waals surface area contributed by atoms with Gasteiger partial charge in [-0.15, -0.1) is 0 Å². The van der Waals surface area contributed by atoms with Crippen molar-refractivity contribution in [3.05, 3.63) is 41.0 Å². The molecule has 1 fully saturated rings. The van der Waals surface area contributed by atoms with Crippen molar-refractivity contribution in [2.24, 2.45) is 5.92 Å². The molecule has 1 amide bonds. The summed E-state index contributed by atoms with van der Waals surface area (Å²) in [6.07, 6.45) is 1.95. The van der Waals surface area contributed by atoms with Crippen LogP contribution < -0.4 is 0 Å². The molecule has 0 radical (unpaired) electrons. The van der Waals surface area contributed by atoms with Gasteiger partial charge in [0.1, 0.15) is 0 Å². The fourth-order valence-electron chi connectivity index (χ4n) is 2.92. The van der Waals surface area contributed by atoms with Crippen molar-refractivity contribution in [2.45, 2.75) is 26.4 Å². The molecule has 2 aromatic heterocycles. The van der Waals surface area contributed by atoms with Gasteiger partial charge in [0.05, 0.1) is 17.4 Å². The van der Waals surface area contributed by atoms with Gasteiger partial charge < -0.3 is 15.0 Å². The highest BCUT2D eigenvalue weighted by molar-refractivity contribution is 5.95. The summed E-state index contributed by atoms with van der Waals surface area (Å²) < 4.78 is 0. The predicted molar refractivity (Wildman–Crippen MR) is 78.0 cm³/mol. The Hall–Kier alpha value is -2.08. The first-order valence-corrected chi connectivity index (χ1v) is 7.17. The number of β-amino-alcohol motifs (C(OH)–C–C–N with tert-alkyl or cyclic N) is 1. The number of carbonyl (C=O) groups excluding carboxylic acids is 1. The van der Waals surface area contributed by atoms with Gasteiger partial charge in [-0.2, -0.15) is 5.10 Å². The van der Waals surface area contributed by atoms with Crippen molar-refractivity contribution < 1.29 is 9.90 Å². The lowest BCUT2D eigenvalue weighted by atomic mass is 10.0. The Balaban J connectivity index is 1.68. The van der Waals surface area contributed by atoms with Crippen molar-refractivity contribution in [1.29, 1.82) is 0 Å². The van der Waals surface area contributed by atoms with E-state index < -0.39 is 6.10 Å². The molecule has 112 valence electrons. The third-order valence-electron chi connectivity index (χ3n) is 4.11. The minimum absolute atomic E-state index is 0.0199. The van der Waals surface area contributed by atoms with Gasteiger partial charge in [-0.1, -0.05) is 0 Å². The average Bonchev–Trinajstić information content (AvgIpc) is 3.12. The van der Waals surface area contributed by atoms with Crippen LogP contribution in [0.3, 0.4) is 0 Å². The van der Waals surface area contributed by atoms with Gasteiger partial charge in [0.25, 0.3) is 5.91 Å². The molecule has 2 aromatic rings. The molecular weight excluding hydrogens is 268 g/mol. The molecule has 0 bridgehead atoms. The number of amides is 1. The van der Waals surface area contributed by atoms with E-state index in [1.807, 2.05) is 19.9 Å². The normalized spacial score (nSPS) is 22.0. The van der Waals surface area contributed by atoms with E-state index in [1.165, 1.54) is 0 Å². The van der Waals surface area contributed by atoms with E-state index in [0.29, 0.717) is 25.1 Å². The van der Waals surface area contributed by atoms with Gasteiger partial charge in [-0.05, 0) is 32.4 Å². The molecule has 0 aromatic carbocycles. The number of aromatic amines is 2. The van der Waals surface area contributed by atoms with Crippen LogP contribution >= 0.6 is 0 Å². The number of nitrogens with one attached hydrogen (secondary N) is 2. The molecule has 0 saturated carbocycles. The van der Waals surface area contributed by atoms with Gasteiger partial charge >= 0.3 is 0 Å². The van der Waals surface area contributed by atoms with Gasteiger partial charge in [0.2, 0.25) is 0 Å². The van der Waals surface area contributed by atoms with Crippen LogP contribution in [0.15, 0.2) is 18.3 Å². The summed E-state index contributed by atoms with van der Waals surface area (Å²) in [5.74, 6) is 0.0180. The number of rotatable bonds is 3. The summed E-state index contributed by atoms with van der Waals surface area (Å²) in [4.78, 5) is 17.2. The van der Waals surface area contributed by atoms with Crippen LogP contribution in [0.4, 0.5) is 0 Å². The lowest BCUT2D eigenvalue weighted by Crippen LogP contribution is -2.29. The summed E-state index contributed by atoms with van der Waals surface area (Å²) in [6, 6.07) is 3.77. The highest BCUT2D eigenvalue weighted by atomic mass is 16.3.